The Bertz CT molecular complexity index is 917. The summed E-state index contributed by atoms with van der Waals surface area (Å²) in [6, 6.07) is 3.98. The molecule has 0 atom stereocenters. The highest BCUT2D eigenvalue weighted by molar-refractivity contribution is 6.01. The molecule has 3 rings (SSSR count). The molecule has 122 valence electrons. The lowest BCUT2D eigenvalue weighted by Gasteiger charge is -2.14. The highest BCUT2D eigenvalue weighted by atomic mass is 19.1. The number of methoxy groups -OCH3 is 2. The lowest BCUT2D eigenvalue weighted by atomic mass is 9.99. The number of benzene rings is 2. The van der Waals surface area contributed by atoms with Crippen molar-refractivity contribution in [3.8, 4) is 22.6 Å². The molecule has 7 heteroatoms. The second-order valence-corrected chi connectivity index (χ2v) is 4.86. The molecule has 24 heavy (non-hydrogen) atoms. The summed E-state index contributed by atoms with van der Waals surface area (Å²) in [5.41, 5.74) is 0.531. The van der Waals surface area contributed by atoms with Crippen molar-refractivity contribution in [3.05, 3.63) is 47.8 Å². The van der Waals surface area contributed by atoms with Crippen molar-refractivity contribution in [1.82, 2.24) is 9.97 Å². The first-order valence-corrected chi connectivity index (χ1v) is 6.91. The van der Waals surface area contributed by atoms with E-state index in [1.807, 2.05) is 0 Å². The van der Waals surface area contributed by atoms with Gasteiger partial charge in [0.1, 0.15) is 0 Å². The predicted molar refractivity (Wildman–Crippen MR) is 83.4 cm³/mol. The Morgan fingerprint density at radius 1 is 0.958 bits per heavy atom. The molecule has 1 heterocycles. The second kappa shape index (κ2) is 6.19. The van der Waals surface area contributed by atoms with Gasteiger partial charge in [0.25, 0.3) is 0 Å². The van der Waals surface area contributed by atoms with Crippen LogP contribution in [0.25, 0.3) is 22.2 Å². The molecule has 0 spiro atoms. The summed E-state index contributed by atoms with van der Waals surface area (Å²) >= 11 is 0. The van der Waals surface area contributed by atoms with Gasteiger partial charge in [-0.1, -0.05) is 6.07 Å². The molecular formula is C17H12F2N2O3. The van der Waals surface area contributed by atoms with Crippen molar-refractivity contribution in [1.29, 1.82) is 0 Å². The van der Waals surface area contributed by atoms with Gasteiger partial charge in [0.2, 0.25) is 0 Å². The van der Waals surface area contributed by atoms with Crippen molar-refractivity contribution < 1.29 is 23.0 Å². The number of rotatable bonds is 4. The normalized spacial score (nSPS) is 10.7. The van der Waals surface area contributed by atoms with Gasteiger partial charge in [0.05, 0.1) is 30.8 Å². The number of fused-ring (bicyclic) bond motifs is 1. The fourth-order valence-corrected chi connectivity index (χ4v) is 2.50. The first-order chi connectivity index (χ1) is 11.6. The Balaban J connectivity index is 2.42. The van der Waals surface area contributed by atoms with Crippen LogP contribution in [0.15, 0.2) is 30.6 Å². The zero-order chi connectivity index (χ0) is 17.3. The fourth-order valence-electron chi connectivity index (χ4n) is 2.50. The van der Waals surface area contributed by atoms with Crippen molar-refractivity contribution >= 4 is 17.3 Å². The molecule has 3 aromatic rings. The molecule has 0 amide bonds. The molecule has 2 aromatic carbocycles. The zero-order valence-corrected chi connectivity index (χ0v) is 12.8. The maximum atomic E-state index is 14.7. The van der Waals surface area contributed by atoms with E-state index in [0.717, 1.165) is 6.07 Å². The minimum atomic E-state index is -0.887. The molecule has 5 nitrogen and oxygen atoms in total. The van der Waals surface area contributed by atoms with Crippen LogP contribution in [-0.2, 0) is 0 Å². The Hall–Kier alpha value is -3.09. The van der Waals surface area contributed by atoms with E-state index in [9.17, 15) is 13.6 Å². The van der Waals surface area contributed by atoms with Crippen LogP contribution < -0.4 is 9.47 Å². The van der Waals surface area contributed by atoms with Crippen molar-refractivity contribution in [2.24, 2.45) is 0 Å². The van der Waals surface area contributed by atoms with Gasteiger partial charge in [-0.25, -0.2) is 8.78 Å². The summed E-state index contributed by atoms with van der Waals surface area (Å²) in [5, 5.41) is 0. The van der Waals surface area contributed by atoms with E-state index in [2.05, 4.69) is 9.97 Å². The molecule has 0 aliphatic rings. The third kappa shape index (κ3) is 2.34. The van der Waals surface area contributed by atoms with E-state index in [1.165, 1.54) is 38.7 Å². The highest BCUT2D eigenvalue weighted by Crippen LogP contribution is 2.39. The predicted octanol–water partition coefficient (Wildman–Crippen LogP) is 3.40. The Morgan fingerprint density at radius 3 is 2.08 bits per heavy atom. The van der Waals surface area contributed by atoms with Gasteiger partial charge < -0.3 is 9.47 Å². The Kier molecular flexibility index (Phi) is 4.07. The zero-order valence-electron chi connectivity index (χ0n) is 12.8. The van der Waals surface area contributed by atoms with Crippen LogP contribution >= 0.6 is 0 Å². The van der Waals surface area contributed by atoms with Crippen LogP contribution in [0.2, 0.25) is 0 Å². The number of hydrogen-bond donors (Lipinski definition) is 0. The third-order valence-corrected chi connectivity index (χ3v) is 3.63. The fraction of sp³-hybridized carbons (Fsp3) is 0.118. The van der Waals surface area contributed by atoms with Gasteiger partial charge in [-0.2, -0.15) is 0 Å². The minimum Gasteiger partial charge on any atom is -0.494 e. The summed E-state index contributed by atoms with van der Waals surface area (Å²) in [7, 11) is 2.54. The molecule has 0 N–H and O–H groups in total. The standard InChI is InChI=1S/C17H12F2N2O3/c1-23-11-7-12(24-2)15(19)13(14(11)18)10-4-3-9(8-22)16-17(10)21-6-5-20-16/h3-8H,1-2H3. The van der Waals surface area contributed by atoms with Crippen LogP contribution in [0.5, 0.6) is 11.5 Å². The van der Waals surface area contributed by atoms with E-state index in [1.54, 1.807) is 0 Å². The van der Waals surface area contributed by atoms with Crippen LogP contribution in [0.1, 0.15) is 10.4 Å². The first-order valence-electron chi connectivity index (χ1n) is 6.91. The Labute approximate surface area is 135 Å². The van der Waals surface area contributed by atoms with E-state index in [0.29, 0.717) is 6.29 Å². The summed E-state index contributed by atoms with van der Waals surface area (Å²) in [4.78, 5) is 19.4. The molecule has 0 aliphatic heterocycles. The summed E-state index contributed by atoms with van der Waals surface area (Å²) < 4.78 is 39.3. The van der Waals surface area contributed by atoms with Gasteiger partial charge in [-0.3, -0.25) is 14.8 Å². The number of halogens is 2. The van der Waals surface area contributed by atoms with Crippen LogP contribution in [0.4, 0.5) is 8.78 Å². The van der Waals surface area contributed by atoms with Gasteiger partial charge in [0, 0.05) is 29.6 Å². The molecular weight excluding hydrogens is 318 g/mol. The van der Waals surface area contributed by atoms with Crippen LogP contribution in [0, 0.1) is 11.6 Å². The van der Waals surface area contributed by atoms with E-state index < -0.39 is 11.6 Å². The second-order valence-electron chi connectivity index (χ2n) is 4.86. The van der Waals surface area contributed by atoms with Crippen molar-refractivity contribution in [2.45, 2.75) is 0 Å². The number of aldehydes is 1. The average molecular weight is 330 g/mol. The maximum Gasteiger partial charge on any atom is 0.176 e. The minimum absolute atomic E-state index is 0.149. The van der Waals surface area contributed by atoms with E-state index in [4.69, 9.17) is 9.47 Å². The molecule has 0 saturated carbocycles. The van der Waals surface area contributed by atoms with Gasteiger partial charge in [-0.05, 0) is 6.07 Å². The largest absolute Gasteiger partial charge is 0.494 e. The third-order valence-electron chi connectivity index (χ3n) is 3.63. The topological polar surface area (TPSA) is 61.3 Å². The number of carbonyl (C=O) groups excluding carboxylic acids is 1. The van der Waals surface area contributed by atoms with E-state index >= 15 is 0 Å². The van der Waals surface area contributed by atoms with Gasteiger partial charge >= 0.3 is 0 Å². The van der Waals surface area contributed by atoms with E-state index in [-0.39, 0.29) is 39.2 Å². The summed E-state index contributed by atoms with van der Waals surface area (Å²) in [5.74, 6) is -2.11. The monoisotopic (exact) mass is 330 g/mol. The van der Waals surface area contributed by atoms with Gasteiger partial charge in [0.15, 0.2) is 29.4 Å². The SMILES string of the molecule is COc1cc(OC)c(F)c(-c2ccc(C=O)c3nccnc23)c1F. The molecule has 0 aliphatic carbocycles. The molecule has 0 bridgehead atoms. The molecule has 0 saturated heterocycles. The van der Waals surface area contributed by atoms with Crippen LogP contribution in [-0.4, -0.2) is 30.5 Å². The number of ether oxygens (including phenoxy) is 2. The summed E-state index contributed by atoms with van der Waals surface area (Å²) in [6.07, 6.45) is 3.39. The van der Waals surface area contributed by atoms with Crippen molar-refractivity contribution in [3.63, 3.8) is 0 Å². The molecule has 0 fully saturated rings. The quantitative estimate of drug-likeness (QED) is 0.686. The molecule has 0 radical (unpaired) electrons. The number of hydrogen-bond acceptors (Lipinski definition) is 5. The number of aromatic nitrogens is 2. The average Bonchev–Trinajstić information content (AvgIpc) is 2.62. The molecule has 1 aromatic heterocycles. The number of carbonyl (C=O) groups is 1. The summed E-state index contributed by atoms with van der Waals surface area (Å²) in [6.45, 7) is 0. The molecule has 0 unspecified atom stereocenters. The first kappa shape index (κ1) is 15.8. The van der Waals surface area contributed by atoms with Crippen LogP contribution in [0.3, 0.4) is 0 Å². The Morgan fingerprint density at radius 2 is 1.54 bits per heavy atom. The maximum absolute atomic E-state index is 14.7. The van der Waals surface area contributed by atoms with Gasteiger partial charge in [-0.15, -0.1) is 0 Å². The number of nitrogens with zero attached hydrogens (tertiary/aromatic N) is 2. The smallest absolute Gasteiger partial charge is 0.176 e. The lowest BCUT2D eigenvalue weighted by Crippen LogP contribution is -2.01. The lowest BCUT2D eigenvalue weighted by molar-refractivity contribution is 0.112. The highest BCUT2D eigenvalue weighted by Gasteiger charge is 2.24. The van der Waals surface area contributed by atoms with Crippen molar-refractivity contribution in [2.75, 3.05) is 14.2 Å².